The summed E-state index contributed by atoms with van der Waals surface area (Å²) in [6.45, 7) is 4.39. The summed E-state index contributed by atoms with van der Waals surface area (Å²) in [5.41, 5.74) is 1.80. The van der Waals surface area contributed by atoms with Gasteiger partial charge in [0.2, 0.25) is 5.91 Å². The number of amides is 2. The second-order valence-electron chi connectivity index (χ2n) is 7.31. The Balaban J connectivity index is 1.57. The number of nitrogens with zero attached hydrogens (tertiary/aromatic N) is 3. The monoisotopic (exact) mass is 369 g/mol. The third-order valence-corrected chi connectivity index (χ3v) is 6.68. The Morgan fingerprint density at radius 1 is 1.15 bits per heavy atom. The standard InChI is InChI=1S/C20H23N3O2S/c1-15-8-11-26-18(15)19(25)22-10-9-20(13-22)14-23(17(24)12-21(20)2)16-6-4-3-5-7-16/h3-8,11H,9-10,12-14H2,1-2H3. The molecule has 136 valence electrons. The lowest BCUT2D eigenvalue weighted by atomic mass is 9.92. The zero-order valence-corrected chi connectivity index (χ0v) is 16.0. The van der Waals surface area contributed by atoms with Crippen molar-refractivity contribution in [2.24, 2.45) is 0 Å². The van der Waals surface area contributed by atoms with Gasteiger partial charge in [-0.3, -0.25) is 14.5 Å². The van der Waals surface area contributed by atoms with Crippen molar-refractivity contribution in [3.05, 3.63) is 52.2 Å². The van der Waals surface area contributed by atoms with Crippen LogP contribution in [-0.4, -0.2) is 60.4 Å². The number of para-hydroxylation sites is 1. The van der Waals surface area contributed by atoms with Gasteiger partial charge in [0.25, 0.3) is 5.91 Å². The van der Waals surface area contributed by atoms with Crippen LogP contribution in [0.5, 0.6) is 0 Å². The highest BCUT2D eigenvalue weighted by molar-refractivity contribution is 7.12. The third-order valence-electron chi connectivity index (χ3n) is 5.68. The summed E-state index contributed by atoms with van der Waals surface area (Å²) in [6.07, 6.45) is 0.885. The molecule has 0 radical (unpaired) electrons. The summed E-state index contributed by atoms with van der Waals surface area (Å²) in [5, 5.41) is 1.97. The van der Waals surface area contributed by atoms with Crippen LogP contribution in [-0.2, 0) is 4.79 Å². The number of piperazine rings is 1. The minimum Gasteiger partial charge on any atom is -0.336 e. The van der Waals surface area contributed by atoms with Crippen molar-refractivity contribution in [3.8, 4) is 0 Å². The number of hydrogen-bond donors (Lipinski definition) is 0. The van der Waals surface area contributed by atoms with Crippen molar-refractivity contribution < 1.29 is 9.59 Å². The Morgan fingerprint density at radius 3 is 2.62 bits per heavy atom. The lowest BCUT2D eigenvalue weighted by Gasteiger charge is -2.46. The first kappa shape index (κ1) is 17.2. The second kappa shape index (κ2) is 6.52. The molecule has 26 heavy (non-hydrogen) atoms. The molecule has 6 heteroatoms. The smallest absolute Gasteiger partial charge is 0.264 e. The van der Waals surface area contributed by atoms with Gasteiger partial charge in [0.1, 0.15) is 0 Å². The summed E-state index contributed by atoms with van der Waals surface area (Å²) in [7, 11) is 2.00. The largest absolute Gasteiger partial charge is 0.336 e. The molecule has 1 spiro atoms. The number of likely N-dealkylation sites (N-methyl/N-ethyl adjacent to an activating group) is 1. The Labute approximate surface area is 157 Å². The first-order chi connectivity index (χ1) is 12.5. The fourth-order valence-corrected chi connectivity index (χ4v) is 4.90. The van der Waals surface area contributed by atoms with E-state index in [1.54, 1.807) is 0 Å². The molecule has 2 amide bonds. The predicted octanol–water partition coefficient (Wildman–Crippen LogP) is 2.62. The van der Waals surface area contributed by atoms with Crippen molar-refractivity contribution in [3.63, 3.8) is 0 Å². The van der Waals surface area contributed by atoms with E-state index in [1.807, 2.05) is 65.5 Å². The van der Waals surface area contributed by atoms with Crippen molar-refractivity contribution in [1.29, 1.82) is 0 Å². The lowest BCUT2D eigenvalue weighted by molar-refractivity contribution is -0.123. The summed E-state index contributed by atoms with van der Waals surface area (Å²) >= 11 is 1.51. The third kappa shape index (κ3) is 2.83. The molecule has 2 aliphatic heterocycles. The molecule has 4 rings (SSSR count). The summed E-state index contributed by atoms with van der Waals surface area (Å²) in [4.78, 5) is 32.3. The molecule has 0 saturated carbocycles. The van der Waals surface area contributed by atoms with Gasteiger partial charge < -0.3 is 9.80 Å². The van der Waals surface area contributed by atoms with Crippen molar-refractivity contribution in [2.45, 2.75) is 18.9 Å². The van der Waals surface area contributed by atoms with Crippen LogP contribution in [0.2, 0.25) is 0 Å². The van der Waals surface area contributed by atoms with Gasteiger partial charge in [0, 0.05) is 25.3 Å². The topological polar surface area (TPSA) is 43.9 Å². The van der Waals surface area contributed by atoms with Gasteiger partial charge in [0.15, 0.2) is 0 Å². The molecule has 3 heterocycles. The van der Waals surface area contributed by atoms with E-state index in [4.69, 9.17) is 0 Å². The molecule has 2 aliphatic rings. The average Bonchev–Trinajstić information content (AvgIpc) is 3.26. The highest BCUT2D eigenvalue weighted by Crippen LogP contribution is 2.34. The highest BCUT2D eigenvalue weighted by atomic mass is 32.1. The minimum absolute atomic E-state index is 0.114. The van der Waals surface area contributed by atoms with E-state index in [1.165, 1.54) is 11.3 Å². The number of thiophene rings is 1. The molecular weight excluding hydrogens is 346 g/mol. The quantitative estimate of drug-likeness (QED) is 0.817. The van der Waals surface area contributed by atoms with Crippen LogP contribution in [0, 0.1) is 6.92 Å². The summed E-state index contributed by atoms with van der Waals surface area (Å²) < 4.78 is 0. The van der Waals surface area contributed by atoms with Crippen molar-refractivity contribution in [1.82, 2.24) is 9.80 Å². The molecule has 0 aliphatic carbocycles. The molecule has 0 N–H and O–H groups in total. The Kier molecular flexibility index (Phi) is 4.32. The number of rotatable bonds is 2. The van der Waals surface area contributed by atoms with E-state index in [0.717, 1.165) is 29.1 Å². The maximum atomic E-state index is 12.9. The first-order valence-electron chi connectivity index (χ1n) is 8.90. The maximum Gasteiger partial charge on any atom is 0.264 e. The van der Waals surface area contributed by atoms with Crippen LogP contribution < -0.4 is 4.90 Å². The van der Waals surface area contributed by atoms with Crippen LogP contribution >= 0.6 is 11.3 Å². The number of carbonyl (C=O) groups is 2. The van der Waals surface area contributed by atoms with Crippen LogP contribution in [0.4, 0.5) is 5.69 Å². The predicted molar refractivity (Wildman–Crippen MR) is 104 cm³/mol. The van der Waals surface area contributed by atoms with Gasteiger partial charge in [-0.15, -0.1) is 11.3 Å². The number of hydrogen-bond acceptors (Lipinski definition) is 4. The van der Waals surface area contributed by atoms with Crippen molar-refractivity contribution >= 4 is 28.8 Å². The minimum atomic E-state index is -0.176. The average molecular weight is 369 g/mol. The van der Waals surface area contributed by atoms with Gasteiger partial charge in [-0.05, 0) is 49.5 Å². The summed E-state index contributed by atoms with van der Waals surface area (Å²) in [5.74, 6) is 0.231. The Morgan fingerprint density at radius 2 is 1.92 bits per heavy atom. The summed E-state index contributed by atoms with van der Waals surface area (Å²) in [6, 6.07) is 11.8. The molecule has 1 aromatic carbocycles. The number of aryl methyl sites for hydroxylation is 1. The van der Waals surface area contributed by atoms with E-state index >= 15 is 0 Å². The lowest BCUT2D eigenvalue weighted by Crippen LogP contribution is -2.64. The molecular formula is C20H23N3O2S. The fourth-order valence-electron chi connectivity index (χ4n) is 4.01. The maximum absolute atomic E-state index is 12.9. The molecule has 0 bridgehead atoms. The number of carbonyl (C=O) groups excluding carboxylic acids is 2. The molecule has 2 aromatic rings. The van der Waals surface area contributed by atoms with Gasteiger partial charge in [-0.1, -0.05) is 18.2 Å². The van der Waals surface area contributed by atoms with Gasteiger partial charge in [-0.25, -0.2) is 0 Å². The van der Waals surface area contributed by atoms with Crippen molar-refractivity contribution in [2.75, 3.05) is 38.1 Å². The number of likely N-dealkylation sites (tertiary alicyclic amines) is 1. The van der Waals surface area contributed by atoms with Gasteiger partial charge in [-0.2, -0.15) is 0 Å². The Hall–Kier alpha value is -2.18. The number of benzene rings is 1. The van der Waals surface area contributed by atoms with Crippen LogP contribution in [0.3, 0.4) is 0 Å². The Bertz CT molecular complexity index is 835. The molecule has 2 saturated heterocycles. The van der Waals surface area contributed by atoms with Gasteiger partial charge in [0.05, 0.1) is 17.0 Å². The first-order valence-corrected chi connectivity index (χ1v) is 9.78. The second-order valence-corrected chi connectivity index (χ2v) is 8.22. The van der Waals surface area contributed by atoms with E-state index in [-0.39, 0.29) is 17.4 Å². The molecule has 2 fully saturated rings. The molecule has 1 unspecified atom stereocenters. The van der Waals surface area contributed by atoms with E-state index in [2.05, 4.69) is 4.90 Å². The van der Waals surface area contributed by atoms with E-state index in [0.29, 0.717) is 19.6 Å². The van der Waals surface area contributed by atoms with Gasteiger partial charge >= 0.3 is 0 Å². The highest BCUT2D eigenvalue weighted by Gasteiger charge is 2.48. The normalized spacial score (nSPS) is 23.8. The van der Waals surface area contributed by atoms with E-state index < -0.39 is 0 Å². The zero-order valence-electron chi connectivity index (χ0n) is 15.1. The molecule has 1 aromatic heterocycles. The molecule has 5 nitrogen and oxygen atoms in total. The van der Waals surface area contributed by atoms with Crippen LogP contribution in [0.25, 0.3) is 0 Å². The molecule has 1 atom stereocenters. The van der Waals surface area contributed by atoms with Crippen LogP contribution in [0.15, 0.2) is 41.8 Å². The number of anilines is 1. The fraction of sp³-hybridized carbons (Fsp3) is 0.400. The van der Waals surface area contributed by atoms with E-state index in [9.17, 15) is 9.59 Å². The zero-order chi connectivity index (χ0) is 18.3. The SMILES string of the molecule is Cc1ccsc1C(=O)N1CCC2(C1)CN(c1ccccc1)C(=O)CN2C. The van der Waals surface area contributed by atoms with Crippen LogP contribution in [0.1, 0.15) is 21.7 Å².